The van der Waals surface area contributed by atoms with Crippen LogP contribution < -0.4 is 5.43 Å². The summed E-state index contributed by atoms with van der Waals surface area (Å²) in [5.41, 5.74) is 2.88. The van der Waals surface area contributed by atoms with Gasteiger partial charge in [0, 0.05) is 19.8 Å². The van der Waals surface area contributed by atoms with Crippen LogP contribution in [-0.2, 0) is 4.79 Å². The molecule has 1 amide bonds. The van der Waals surface area contributed by atoms with Gasteiger partial charge in [0.2, 0.25) is 0 Å². The van der Waals surface area contributed by atoms with Crippen molar-refractivity contribution in [3.8, 4) is 0 Å². The molecule has 1 saturated carbocycles. The smallest absolute Gasteiger partial charge is 0.269 e. The van der Waals surface area contributed by atoms with Crippen molar-refractivity contribution in [3.05, 3.63) is 0 Å². The van der Waals surface area contributed by atoms with Crippen molar-refractivity contribution >= 4 is 12.1 Å². The van der Waals surface area contributed by atoms with Crippen molar-refractivity contribution in [2.24, 2.45) is 5.92 Å². The van der Waals surface area contributed by atoms with E-state index >= 15 is 0 Å². The topological polar surface area (TPSA) is 32.1 Å². The van der Waals surface area contributed by atoms with Crippen molar-refractivity contribution in [2.45, 2.75) is 57.9 Å². The Labute approximate surface area is 91.5 Å². The number of carbonyl (C=O) groups excluding carboxylic acids is 1. The maximum atomic E-state index is 11.3. The van der Waals surface area contributed by atoms with Gasteiger partial charge in [-0.3, -0.25) is 4.79 Å². The SMILES string of the molecule is CC1(C)CC(=O)N/[N+]1=C/C1CCCCC1. The lowest BCUT2D eigenvalue weighted by atomic mass is 9.90. The lowest BCUT2D eigenvalue weighted by Gasteiger charge is -2.18. The summed E-state index contributed by atoms with van der Waals surface area (Å²) in [6, 6.07) is 0. The first-order chi connectivity index (χ1) is 7.08. The molecule has 2 fully saturated rings. The highest BCUT2D eigenvalue weighted by Crippen LogP contribution is 2.24. The number of hydrazone groups is 1. The predicted molar refractivity (Wildman–Crippen MR) is 59.7 cm³/mol. The van der Waals surface area contributed by atoms with Crippen LogP contribution in [0, 0.1) is 5.92 Å². The number of hydrogen-bond donors (Lipinski definition) is 1. The lowest BCUT2D eigenvalue weighted by Crippen LogP contribution is -2.38. The molecule has 0 aromatic heterocycles. The minimum Gasteiger partial charge on any atom is -0.269 e. The number of hydrogen-bond acceptors (Lipinski definition) is 1. The molecule has 0 bridgehead atoms. The number of carbonyl (C=O) groups is 1. The normalized spacial score (nSPS) is 29.5. The van der Waals surface area contributed by atoms with Crippen LogP contribution in [0.1, 0.15) is 52.4 Å². The van der Waals surface area contributed by atoms with Crippen molar-refractivity contribution in [2.75, 3.05) is 0 Å². The largest absolute Gasteiger partial charge is 0.281 e. The fourth-order valence-electron chi connectivity index (χ4n) is 2.54. The molecule has 0 unspecified atom stereocenters. The summed E-state index contributed by atoms with van der Waals surface area (Å²) in [5, 5.41) is 0. The second-order valence-corrected chi connectivity index (χ2v) is 5.44. The molecule has 0 spiro atoms. The highest BCUT2D eigenvalue weighted by molar-refractivity contribution is 5.78. The molecule has 0 atom stereocenters. The van der Waals surface area contributed by atoms with E-state index in [2.05, 4.69) is 25.5 Å². The van der Waals surface area contributed by atoms with E-state index in [0.29, 0.717) is 12.3 Å². The first-order valence-electron chi connectivity index (χ1n) is 6.02. The third-order valence-electron chi connectivity index (χ3n) is 3.50. The van der Waals surface area contributed by atoms with Crippen molar-refractivity contribution in [1.29, 1.82) is 0 Å². The highest BCUT2D eigenvalue weighted by Gasteiger charge is 2.42. The van der Waals surface area contributed by atoms with Gasteiger partial charge in [-0.15, -0.1) is 10.1 Å². The quantitative estimate of drug-likeness (QED) is 0.657. The fourth-order valence-corrected chi connectivity index (χ4v) is 2.54. The van der Waals surface area contributed by atoms with Crippen LogP contribution in [0.25, 0.3) is 0 Å². The Balaban J connectivity index is 2.08. The van der Waals surface area contributed by atoms with Gasteiger partial charge in [-0.05, 0) is 12.8 Å². The van der Waals surface area contributed by atoms with Gasteiger partial charge in [0.15, 0.2) is 11.8 Å². The second kappa shape index (κ2) is 3.95. The number of hydrazine groups is 1. The Morgan fingerprint density at radius 1 is 1.33 bits per heavy atom. The first kappa shape index (κ1) is 10.7. The Hall–Kier alpha value is -0.860. The molecule has 15 heavy (non-hydrogen) atoms. The first-order valence-corrected chi connectivity index (χ1v) is 6.02. The molecule has 1 saturated heterocycles. The van der Waals surface area contributed by atoms with E-state index in [1.54, 1.807) is 0 Å². The molecule has 2 aliphatic rings. The van der Waals surface area contributed by atoms with Crippen molar-refractivity contribution in [3.63, 3.8) is 0 Å². The van der Waals surface area contributed by atoms with Gasteiger partial charge in [-0.1, -0.05) is 19.3 Å². The molecule has 1 aliphatic heterocycles. The van der Waals surface area contributed by atoms with E-state index in [1.807, 2.05) is 4.68 Å². The molecule has 0 radical (unpaired) electrons. The van der Waals surface area contributed by atoms with Crippen molar-refractivity contribution in [1.82, 2.24) is 5.43 Å². The zero-order chi connectivity index (χ0) is 10.9. The van der Waals surface area contributed by atoms with Crippen LogP contribution in [-0.4, -0.2) is 22.3 Å². The third kappa shape index (κ3) is 2.39. The van der Waals surface area contributed by atoms with E-state index in [-0.39, 0.29) is 11.4 Å². The van der Waals surface area contributed by atoms with Gasteiger partial charge in [-0.2, -0.15) is 0 Å². The van der Waals surface area contributed by atoms with Gasteiger partial charge < -0.3 is 0 Å². The molecule has 84 valence electrons. The van der Waals surface area contributed by atoms with Gasteiger partial charge in [-0.25, -0.2) is 0 Å². The Morgan fingerprint density at radius 2 is 2.00 bits per heavy atom. The minimum atomic E-state index is -0.0471. The lowest BCUT2D eigenvalue weighted by molar-refractivity contribution is -0.622. The molecule has 0 aromatic carbocycles. The Kier molecular flexibility index (Phi) is 2.81. The van der Waals surface area contributed by atoms with E-state index < -0.39 is 0 Å². The van der Waals surface area contributed by atoms with Crippen LogP contribution in [0.3, 0.4) is 0 Å². The number of amides is 1. The van der Waals surface area contributed by atoms with Crippen LogP contribution >= 0.6 is 0 Å². The number of rotatable bonds is 1. The van der Waals surface area contributed by atoms with Crippen LogP contribution in [0.15, 0.2) is 0 Å². The van der Waals surface area contributed by atoms with E-state index in [9.17, 15) is 4.79 Å². The predicted octanol–water partition coefficient (Wildman–Crippen LogP) is 1.86. The van der Waals surface area contributed by atoms with Crippen LogP contribution in [0.4, 0.5) is 0 Å². The van der Waals surface area contributed by atoms with E-state index in [0.717, 1.165) is 0 Å². The average molecular weight is 209 g/mol. The maximum absolute atomic E-state index is 11.3. The van der Waals surface area contributed by atoms with Crippen LogP contribution in [0.2, 0.25) is 0 Å². The van der Waals surface area contributed by atoms with Gasteiger partial charge in [0.25, 0.3) is 5.91 Å². The number of nitrogens with one attached hydrogen (secondary N) is 1. The molecule has 0 aromatic rings. The summed E-state index contributed by atoms with van der Waals surface area (Å²) in [6.07, 6.45) is 9.46. The van der Waals surface area contributed by atoms with Crippen LogP contribution in [0.5, 0.6) is 0 Å². The molecular weight excluding hydrogens is 188 g/mol. The maximum Gasteiger partial charge on any atom is 0.281 e. The Morgan fingerprint density at radius 3 is 2.53 bits per heavy atom. The molecular formula is C12H21N2O+. The zero-order valence-corrected chi connectivity index (χ0v) is 9.75. The highest BCUT2D eigenvalue weighted by atomic mass is 16.2. The molecule has 3 nitrogen and oxygen atoms in total. The standard InChI is InChI=1S/C12H20N2O/c1-12(2)8-11(15)13-14(12)9-10-6-4-3-5-7-10/h9-10H,3-8H2,1-2H3/p+1/b14-9+. The monoisotopic (exact) mass is 209 g/mol. The summed E-state index contributed by atoms with van der Waals surface area (Å²) < 4.78 is 2.03. The van der Waals surface area contributed by atoms with Crippen molar-refractivity contribution < 1.29 is 9.48 Å². The summed E-state index contributed by atoms with van der Waals surface area (Å²) in [7, 11) is 0. The molecule has 2 rings (SSSR count). The van der Waals surface area contributed by atoms with Gasteiger partial charge >= 0.3 is 0 Å². The van der Waals surface area contributed by atoms with E-state index in [4.69, 9.17) is 0 Å². The summed E-state index contributed by atoms with van der Waals surface area (Å²) in [6.45, 7) is 4.23. The second-order valence-electron chi connectivity index (χ2n) is 5.44. The Bertz CT molecular complexity index is 288. The summed E-state index contributed by atoms with van der Waals surface area (Å²) in [4.78, 5) is 11.3. The minimum absolute atomic E-state index is 0.0471. The zero-order valence-electron chi connectivity index (χ0n) is 9.75. The number of nitrogens with zero attached hydrogens (tertiary/aromatic N) is 1. The fraction of sp³-hybridized carbons (Fsp3) is 0.833. The average Bonchev–Trinajstić information content (AvgIpc) is 2.41. The van der Waals surface area contributed by atoms with E-state index in [1.165, 1.54) is 32.1 Å². The summed E-state index contributed by atoms with van der Waals surface area (Å²) in [5.74, 6) is 0.809. The molecule has 1 aliphatic carbocycles. The third-order valence-corrected chi connectivity index (χ3v) is 3.50. The molecule has 3 heteroatoms. The van der Waals surface area contributed by atoms with Gasteiger partial charge in [0.1, 0.15) is 0 Å². The van der Waals surface area contributed by atoms with Gasteiger partial charge in [0.05, 0.1) is 6.42 Å². The molecule has 1 N–H and O–H groups in total. The molecule has 1 heterocycles. The summed E-state index contributed by atoms with van der Waals surface area (Å²) >= 11 is 0.